The SMILES string of the molecule is CN(C)CCO/N=C1\CC(C)(c2ccccc2)c2ccsc21. The molecule has 2 aromatic rings. The first-order chi connectivity index (χ1) is 10.6. The Labute approximate surface area is 136 Å². The average Bonchev–Trinajstić information content (AvgIpc) is 3.09. The monoisotopic (exact) mass is 314 g/mol. The minimum Gasteiger partial charge on any atom is -0.394 e. The lowest BCUT2D eigenvalue weighted by molar-refractivity contribution is 0.125. The predicted molar refractivity (Wildman–Crippen MR) is 92.9 cm³/mol. The highest BCUT2D eigenvalue weighted by atomic mass is 32.1. The van der Waals surface area contributed by atoms with Crippen LogP contribution in [0.4, 0.5) is 0 Å². The minimum atomic E-state index is 0.000332. The van der Waals surface area contributed by atoms with Gasteiger partial charge in [0.25, 0.3) is 0 Å². The highest BCUT2D eigenvalue weighted by Crippen LogP contribution is 2.46. The molecule has 1 aliphatic rings. The quantitative estimate of drug-likeness (QED) is 0.620. The van der Waals surface area contributed by atoms with Crippen molar-refractivity contribution in [2.45, 2.75) is 18.8 Å². The van der Waals surface area contributed by atoms with Gasteiger partial charge in [-0.1, -0.05) is 42.4 Å². The summed E-state index contributed by atoms with van der Waals surface area (Å²) in [6, 6.07) is 12.9. The molecular formula is C18H22N2OS. The molecule has 0 saturated carbocycles. The summed E-state index contributed by atoms with van der Waals surface area (Å²) < 4.78 is 0. The average molecular weight is 314 g/mol. The third kappa shape index (κ3) is 2.81. The van der Waals surface area contributed by atoms with Crippen LogP contribution in [0.25, 0.3) is 0 Å². The Morgan fingerprint density at radius 2 is 2.00 bits per heavy atom. The molecule has 0 fully saturated rings. The van der Waals surface area contributed by atoms with Gasteiger partial charge >= 0.3 is 0 Å². The summed E-state index contributed by atoms with van der Waals surface area (Å²) in [5, 5.41) is 6.58. The van der Waals surface area contributed by atoms with Crippen molar-refractivity contribution in [3.63, 3.8) is 0 Å². The van der Waals surface area contributed by atoms with E-state index in [2.05, 4.69) is 58.8 Å². The number of rotatable bonds is 5. The predicted octanol–water partition coefficient (Wildman–Crippen LogP) is 3.74. The highest BCUT2D eigenvalue weighted by molar-refractivity contribution is 7.12. The second-order valence-electron chi connectivity index (χ2n) is 6.21. The van der Waals surface area contributed by atoms with Gasteiger partial charge in [-0.3, -0.25) is 0 Å². The first kappa shape index (κ1) is 15.3. The Morgan fingerprint density at radius 1 is 1.23 bits per heavy atom. The molecular weight excluding hydrogens is 292 g/mol. The molecule has 1 aromatic carbocycles. The molecule has 3 rings (SSSR count). The molecule has 0 spiro atoms. The molecule has 1 unspecified atom stereocenters. The van der Waals surface area contributed by atoms with Crippen LogP contribution >= 0.6 is 11.3 Å². The topological polar surface area (TPSA) is 24.8 Å². The van der Waals surface area contributed by atoms with Crippen molar-refractivity contribution < 1.29 is 4.84 Å². The fourth-order valence-electron chi connectivity index (χ4n) is 2.96. The lowest BCUT2D eigenvalue weighted by Crippen LogP contribution is -2.20. The van der Waals surface area contributed by atoms with Crippen LogP contribution in [0.15, 0.2) is 46.9 Å². The number of thiophene rings is 1. The molecule has 0 radical (unpaired) electrons. The van der Waals surface area contributed by atoms with Gasteiger partial charge < -0.3 is 9.74 Å². The maximum absolute atomic E-state index is 5.54. The molecule has 1 aromatic heterocycles. The zero-order valence-electron chi connectivity index (χ0n) is 13.4. The van der Waals surface area contributed by atoms with Crippen LogP contribution in [0.1, 0.15) is 29.3 Å². The third-order valence-electron chi connectivity index (χ3n) is 4.26. The van der Waals surface area contributed by atoms with Crippen LogP contribution in [0.3, 0.4) is 0 Å². The zero-order chi connectivity index (χ0) is 15.6. The number of likely N-dealkylation sites (N-methyl/N-ethyl adjacent to an activating group) is 1. The van der Waals surface area contributed by atoms with Crippen molar-refractivity contribution in [1.29, 1.82) is 0 Å². The Hall–Kier alpha value is -1.65. The van der Waals surface area contributed by atoms with E-state index in [-0.39, 0.29) is 5.41 Å². The van der Waals surface area contributed by atoms with Crippen molar-refractivity contribution in [1.82, 2.24) is 4.90 Å². The number of hydrogen-bond acceptors (Lipinski definition) is 4. The normalized spacial score (nSPS) is 22.3. The molecule has 0 bridgehead atoms. The summed E-state index contributed by atoms with van der Waals surface area (Å²) >= 11 is 1.76. The molecule has 22 heavy (non-hydrogen) atoms. The summed E-state index contributed by atoms with van der Waals surface area (Å²) in [6.45, 7) is 3.81. The standard InChI is InChI=1S/C18H22N2OS/c1-18(14-7-5-4-6-8-14)13-16(17-15(18)9-12-22-17)19-21-11-10-20(2)3/h4-9,12H,10-11,13H2,1-3H3/b19-16+. The van der Waals surface area contributed by atoms with Crippen LogP contribution in [0.2, 0.25) is 0 Å². The lowest BCUT2D eigenvalue weighted by atomic mass is 9.78. The van der Waals surface area contributed by atoms with Crippen LogP contribution < -0.4 is 0 Å². The molecule has 0 saturated heterocycles. The summed E-state index contributed by atoms with van der Waals surface area (Å²) in [5.41, 5.74) is 3.79. The number of benzene rings is 1. The second-order valence-corrected chi connectivity index (χ2v) is 7.13. The highest BCUT2D eigenvalue weighted by Gasteiger charge is 2.40. The van der Waals surface area contributed by atoms with Crippen molar-refractivity contribution in [3.05, 3.63) is 57.8 Å². The molecule has 1 atom stereocenters. The van der Waals surface area contributed by atoms with Gasteiger partial charge in [0.15, 0.2) is 0 Å². The van der Waals surface area contributed by atoms with E-state index in [4.69, 9.17) is 4.84 Å². The molecule has 116 valence electrons. The Morgan fingerprint density at radius 3 is 2.73 bits per heavy atom. The van der Waals surface area contributed by atoms with E-state index in [0.717, 1.165) is 18.7 Å². The van der Waals surface area contributed by atoms with Crippen molar-refractivity contribution in [3.8, 4) is 0 Å². The maximum atomic E-state index is 5.54. The van der Waals surface area contributed by atoms with E-state index < -0.39 is 0 Å². The van der Waals surface area contributed by atoms with E-state index in [1.54, 1.807) is 11.3 Å². The van der Waals surface area contributed by atoms with Crippen LogP contribution in [-0.4, -0.2) is 37.9 Å². The van der Waals surface area contributed by atoms with Crippen LogP contribution in [0.5, 0.6) is 0 Å². The van der Waals surface area contributed by atoms with Crippen molar-refractivity contribution >= 4 is 17.0 Å². The van der Waals surface area contributed by atoms with E-state index in [1.165, 1.54) is 16.0 Å². The first-order valence-electron chi connectivity index (χ1n) is 7.59. The third-order valence-corrected chi connectivity index (χ3v) is 5.22. The number of hydrogen-bond donors (Lipinski definition) is 0. The second kappa shape index (κ2) is 6.23. The van der Waals surface area contributed by atoms with E-state index in [1.807, 2.05) is 14.1 Å². The van der Waals surface area contributed by atoms with Crippen molar-refractivity contribution in [2.75, 3.05) is 27.2 Å². The first-order valence-corrected chi connectivity index (χ1v) is 8.46. The molecule has 3 nitrogen and oxygen atoms in total. The largest absolute Gasteiger partial charge is 0.394 e. The Kier molecular flexibility index (Phi) is 4.32. The summed E-state index contributed by atoms with van der Waals surface area (Å²) in [6.07, 6.45) is 0.904. The van der Waals surface area contributed by atoms with Gasteiger partial charge in [-0.05, 0) is 36.7 Å². The Balaban J connectivity index is 1.84. The van der Waals surface area contributed by atoms with Gasteiger partial charge in [-0.2, -0.15) is 0 Å². The van der Waals surface area contributed by atoms with Gasteiger partial charge in [0, 0.05) is 18.4 Å². The number of nitrogens with zero attached hydrogens (tertiary/aromatic N) is 2. The van der Waals surface area contributed by atoms with Gasteiger partial charge in [-0.15, -0.1) is 11.3 Å². The molecule has 0 amide bonds. The molecule has 1 heterocycles. The maximum Gasteiger partial charge on any atom is 0.129 e. The van der Waals surface area contributed by atoms with Crippen LogP contribution in [-0.2, 0) is 10.3 Å². The summed E-state index contributed by atoms with van der Waals surface area (Å²) in [5.74, 6) is 0. The minimum absolute atomic E-state index is 0.000332. The van der Waals surface area contributed by atoms with Gasteiger partial charge in [-0.25, -0.2) is 0 Å². The summed E-state index contributed by atoms with van der Waals surface area (Å²) in [7, 11) is 4.08. The smallest absolute Gasteiger partial charge is 0.129 e. The van der Waals surface area contributed by atoms with Gasteiger partial charge in [0.05, 0.1) is 10.6 Å². The van der Waals surface area contributed by atoms with Gasteiger partial charge in [0.2, 0.25) is 0 Å². The molecule has 1 aliphatic carbocycles. The fraction of sp³-hybridized carbons (Fsp3) is 0.389. The van der Waals surface area contributed by atoms with E-state index in [0.29, 0.717) is 6.61 Å². The molecule has 0 aliphatic heterocycles. The molecule has 4 heteroatoms. The van der Waals surface area contributed by atoms with E-state index in [9.17, 15) is 0 Å². The van der Waals surface area contributed by atoms with Crippen LogP contribution in [0, 0.1) is 0 Å². The Bertz CT molecular complexity index is 663. The number of oxime groups is 1. The molecule has 0 N–H and O–H groups in total. The van der Waals surface area contributed by atoms with E-state index >= 15 is 0 Å². The zero-order valence-corrected chi connectivity index (χ0v) is 14.2. The summed E-state index contributed by atoms with van der Waals surface area (Å²) in [4.78, 5) is 8.91. The fourth-order valence-corrected chi connectivity index (χ4v) is 3.97. The van der Waals surface area contributed by atoms with Gasteiger partial charge in [0.1, 0.15) is 6.61 Å². The lowest BCUT2D eigenvalue weighted by Gasteiger charge is -2.24. The van der Waals surface area contributed by atoms with Crippen molar-refractivity contribution in [2.24, 2.45) is 5.16 Å². The number of fused-ring (bicyclic) bond motifs is 1.